The average molecular weight is 484 g/mol. The molecule has 1 amide bonds. The molecule has 4 rings (SSSR count). The van der Waals surface area contributed by atoms with Crippen molar-refractivity contribution in [3.63, 3.8) is 0 Å². The van der Waals surface area contributed by atoms with Gasteiger partial charge in [0.15, 0.2) is 5.16 Å². The van der Waals surface area contributed by atoms with Crippen LogP contribution >= 0.6 is 11.8 Å². The summed E-state index contributed by atoms with van der Waals surface area (Å²) in [5, 5.41) is 10.9. The smallest absolute Gasteiger partial charge is 0.300 e. The van der Waals surface area contributed by atoms with E-state index in [1.165, 1.54) is 52.1 Å². The number of fused-ring (bicyclic) bond motifs is 1. The molecule has 1 N–H and O–H groups in total. The number of carbonyl (C=O) groups is 1. The standard InChI is InChI=1S/C23H22FN5O4S/c1-4-19(21(30)25-17-10-9-16(32-2)13-18(17)33-3)34-23-27-26-20-22(31)28(11-12-29(20)23)15-7-5-14(24)6-8-15/h5-13,19H,4H2,1-3H3,(H,25,30)/t19-/m1/s1. The zero-order valence-corrected chi connectivity index (χ0v) is 19.5. The van der Waals surface area contributed by atoms with Crippen LogP contribution in [0.3, 0.4) is 0 Å². The number of nitrogens with zero attached hydrogens (tertiary/aromatic N) is 4. The van der Waals surface area contributed by atoms with Crippen LogP contribution < -0.4 is 20.3 Å². The number of halogens is 1. The van der Waals surface area contributed by atoms with Crippen LogP contribution in [0, 0.1) is 5.82 Å². The molecule has 0 aliphatic heterocycles. The summed E-state index contributed by atoms with van der Waals surface area (Å²) in [6.07, 6.45) is 3.70. The molecule has 9 nitrogen and oxygen atoms in total. The Labute approximate surface area is 198 Å². The molecule has 4 aromatic rings. The molecule has 34 heavy (non-hydrogen) atoms. The lowest BCUT2D eigenvalue weighted by Crippen LogP contribution is -2.25. The van der Waals surface area contributed by atoms with Gasteiger partial charge in [-0.3, -0.25) is 18.6 Å². The van der Waals surface area contributed by atoms with Crippen molar-refractivity contribution in [3.8, 4) is 17.2 Å². The fraction of sp³-hybridized carbons (Fsp3) is 0.217. The van der Waals surface area contributed by atoms with Crippen LogP contribution in [0.4, 0.5) is 10.1 Å². The molecule has 11 heteroatoms. The van der Waals surface area contributed by atoms with Gasteiger partial charge in [-0.15, -0.1) is 10.2 Å². The summed E-state index contributed by atoms with van der Waals surface area (Å²) in [6, 6.07) is 10.7. The molecular weight excluding hydrogens is 461 g/mol. The molecule has 0 bridgehead atoms. The SMILES string of the molecule is CC[C@@H](Sc1nnc2c(=O)n(-c3ccc(F)cc3)ccn12)C(=O)Nc1ccc(OC)cc1OC. The fourth-order valence-corrected chi connectivity index (χ4v) is 4.25. The monoisotopic (exact) mass is 483 g/mol. The second-order valence-corrected chi connectivity index (χ2v) is 8.37. The Morgan fingerprint density at radius 2 is 1.88 bits per heavy atom. The van der Waals surface area contributed by atoms with Crippen LogP contribution in [0.1, 0.15) is 13.3 Å². The van der Waals surface area contributed by atoms with Gasteiger partial charge in [0.05, 0.1) is 25.2 Å². The lowest BCUT2D eigenvalue weighted by molar-refractivity contribution is -0.115. The van der Waals surface area contributed by atoms with Gasteiger partial charge in [0.25, 0.3) is 0 Å². The molecule has 2 heterocycles. The number of aromatic nitrogens is 4. The highest BCUT2D eigenvalue weighted by atomic mass is 32.2. The van der Waals surface area contributed by atoms with E-state index in [1.54, 1.807) is 37.7 Å². The van der Waals surface area contributed by atoms with E-state index in [0.717, 1.165) is 0 Å². The van der Waals surface area contributed by atoms with E-state index in [-0.39, 0.29) is 11.6 Å². The average Bonchev–Trinajstić information content (AvgIpc) is 3.27. The van der Waals surface area contributed by atoms with Gasteiger partial charge >= 0.3 is 5.56 Å². The molecule has 0 aliphatic rings. The van der Waals surface area contributed by atoms with Gasteiger partial charge in [0.2, 0.25) is 11.6 Å². The van der Waals surface area contributed by atoms with Crippen molar-refractivity contribution in [1.82, 2.24) is 19.2 Å². The zero-order valence-electron chi connectivity index (χ0n) is 18.7. The highest BCUT2D eigenvalue weighted by Crippen LogP contribution is 2.31. The largest absolute Gasteiger partial charge is 0.497 e. The number of methoxy groups -OCH3 is 2. The number of hydrogen-bond acceptors (Lipinski definition) is 7. The Hall–Kier alpha value is -3.86. The maximum atomic E-state index is 13.2. The number of rotatable bonds is 8. The van der Waals surface area contributed by atoms with Crippen molar-refractivity contribution in [2.45, 2.75) is 23.8 Å². The first kappa shape index (κ1) is 23.3. The normalized spacial score (nSPS) is 11.9. The molecule has 2 aromatic carbocycles. The third kappa shape index (κ3) is 4.60. The van der Waals surface area contributed by atoms with Gasteiger partial charge in [0.1, 0.15) is 17.3 Å². The summed E-state index contributed by atoms with van der Waals surface area (Å²) in [7, 11) is 3.06. The summed E-state index contributed by atoms with van der Waals surface area (Å²) >= 11 is 1.20. The van der Waals surface area contributed by atoms with Crippen molar-refractivity contribution in [2.75, 3.05) is 19.5 Å². The minimum Gasteiger partial charge on any atom is -0.497 e. The first-order valence-electron chi connectivity index (χ1n) is 10.4. The van der Waals surface area contributed by atoms with Gasteiger partial charge in [-0.2, -0.15) is 0 Å². The first-order valence-corrected chi connectivity index (χ1v) is 11.2. The molecule has 0 radical (unpaired) electrons. The zero-order chi connectivity index (χ0) is 24.2. The van der Waals surface area contributed by atoms with Crippen molar-refractivity contribution in [3.05, 3.63) is 71.0 Å². The number of carbonyl (C=O) groups excluding carboxylic acids is 1. The minimum absolute atomic E-state index is 0.0985. The number of anilines is 1. The van der Waals surface area contributed by atoms with Gasteiger partial charge in [-0.05, 0) is 42.8 Å². The van der Waals surface area contributed by atoms with E-state index in [2.05, 4.69) is 15.5 Å². The predicted molar refractivity (Wildman–Crippen MR) is 127 cm³/mol. The predicted octanol–water partition coefficient (Wildman–Crippen LogP) is 3.55. The lowest BCUT2D eigenvalue weighted by atomic mass is 10.2. The van der Waals surface area contributed by atoms with Crippen molar-refractivity contribution in [2.24, 2.45) is 0 Å². The number of amides is 1. The maximum Gasteiger partial charge on any atom is 0.300 e. The number of ether oxygens (including phenoxy) is 2. The van der Waals surface area contributed by atoms with E-state index < -0.39 is 16.6 Å². The van der Waals surface area contributed by atoms with E-state index in [0.29, 0.717) is 34.5 Å². The first-order chi connectivity index (χ1) is 16.4. The minimum atomic E-state index is -0.501. The van der Waals surface area contributed by atoms with Crippen LogP contribution in [0.25, 0.3) is 11.3 Å². The lowest BCUT2D eigenvalue weighted by Gasteiger charge is -2.16. The van der Waals surface area contributed by atoms with E-state index in [9.17, 15) is 14.0 Å². The number of nitrogens with one attached hydrogen (secondary N) is 1. The third-order valence-corrected chi connectivity index (χ3v) is 6.44. The number of thioether (sulfide) groups is 1. The molecular formula is C23H22FN5O4S. The maximum absolute atomic E-state index is 13.2. The fourth-order valence-electron chi connectivity index (χ4n) is 3.32. The molecule has 0 saturated heterocycles. The van der Waals surface area contributed by atoms with E-state index >= 15 is 0 Å². The van der Waals surface area contributed by atoms with Crippen LogP contribution in [0.2, 0.25) is 0 Å². The van der Waals surface area contributed by atoms with Crippen molar-refractivity contribution < 1.29 is 18.7 Å². The highest BCUT2D eigenvalue weighted by Gasteiger charge is 2.23. The summed E-state index contributed by atoms with van der Waals surface area (Å²) in [5.74, 6) is 0.446. The van der Waals surface area contributed by atoms with Gasteiger partial charge < -0.3 is 14.8 Å². The molecule has 0 spiro atoms. The number of benzene rings is 2. The topological polar surface area (TPSA) is 99.8 Å². The van der Waals surface area contributed by atoms with Gasteiger partial charge in [0, 0.05) is 24.1 Å². The van der Waals surface area contributed by atoms with Gasteiger partial charge in [-0.1, -0.05) is 18.7 Å². The molecule has 0 saturated carbocycles. The molecule has 1 atom stereocenters. The second-order valence-electron chi connectivity index (χ2n) is 7.20. The van der Waals surface area contributed by atoms with E-state index in [4.69, 9.17) is 9.47 Å². The van der Waals surface area contributed by atoms with Crippen molar-refractivity contribution >= 4 is 29.0 Å². The molecule has 0 fully saturated rings. The Morgan fingerprint density at radius 1 is 1.12 bits per heavy atom. The second kappa shape index (κ2) is 9.96. The van der Waals surface area contributed by atoms with E-state index in [1.807, 2.05) is 6.92 Å². The molecule has 176 valence electrons. The summed E-state index contributed by atoms with van der Waals surface area (Å²) in [6.45, 7) is 1.88. The van der Waals surface area contributed by atoms with Crippen molar-refractivity contribution in [1.29, 1.82) is 0 Å². The Morgan fingerprint density at radius 3 is 2.56 bits per heavy atom. The third-order valence-electron chi connectivity index (χ3n) is 5.12. The number of hydrogen-bond donors (Lipinski definition) is 1. The Balaban J connectivity index is 1.57. The molecule has 0 aliphatic carbocycles. The van der Waals surface area contributed by atoms with Crippen LogP contribution in [0.15, 0.2) is 64.8 Å². The highest BCUT2D eigenvalue weighted by molar-refractivity contribution is 8.00. The van der Waals surface area contributed by atoms with Crippen LogP contribution in [0.5, 0.6) is 11.5 Å². The summed E-state index contributed by atoms with van der Waals surface area (Å²) < 4.78 is 26.7. The molecule has 2 aromatic heterocycles. The van der Waals surface area contributed by atoms with Gasteiger partial charge in [-0.25, -0.2) is 4.39 Å². The Bertz CT molecular complexity index is 1390. The van der Waals surface area contributed by atoms with Crippen LogP contribution in [-0.2, 0) is 4.79 Å². The quantitative estimate of drug-likeness (QED) is 0.383. The summed E-state index contributed by atoms with van der Waals surface area (Å²) in [5.41, 5.74) is 0.710. The Kier molecular flexibility index (Phi) is 6.82. The summed E-state index contributed by atoms with van der Waals surface area (Å²) in [4.78, 5) is 25.9. The molecule has 0 unspecified atom stereocenters. The van der Waals surface area contributed by atoms with Crippen LogP contribution in [-0.4, -0.2) is 44.5 Å².